The molecule has 2 fully saturated rings. The highest BCUT2D eigenvalue weighted by molar-refractivity contribution is 6.46. The fourth-order valence-corrected chi connectivity index (χ4v) is 4.46. The second kappa shape index (κ2) is 9.57. The molecule has 1 unspecified atom stereocenters. The quantitative estimate of drug-likeness (QED) is 0.405. The lowest BCUT2D eigenvalue weighted by Gasteiger charge is -2.27. The number of amides is 1. The molecule has 6 nitrogen and oxygen atoms in total. The van der Waals surface area contributed by atoms with Crippen LogP contribution in [0.25, 0.3) is 5.76 Å². The lowest BCUT2D eigenvalue weighted by molar-refractivity contribution is -0.140. The second-order valence-corrected chi connectivity index (χ2v) is 8.64. The highest BCUT2D eigenvalue weighted by atomic mass is 16.5. The molecule has 0 aliphatic carbocycles. The first-order valence-corrected chi connectivity index (χ1v) is 11.3. The lowest BCUT2D eigenvalue weighted by atomic mass is 9.95. The van der Waals surface area contributed by atoms with Gasteiger partial charge in [0.1, 0.15) is 11.5 Å². The molecule has 2 saturated heterocycles. The van der Waals surface area contributed by atoms with Crippen LogP contribution in [0.1, 0.15) is 43.9 Å². The fraction of sp³-hybridized carbons (Fsp3) is 0.385. The molecule has 2 heterocycles. The van der Waals surface area contributed by atoms with Crippen LogP contribution in [-0.2, 0) is 9.59 Å². The third-order valence-electron chi connectivity index (χ3n) is 6.01. The number of Topliss-reactive ketones (excluding diaryl/α,β-unsaturated/α-hetero) is 1. The fourth-order valence-electron chi connectivity index (χ4n) is 4.46. The standard InChI is InChI=1S/C26H30N2O4/c1-18(2)32-21-12-10-19(11-13-21)23-22(24(29)20-8-4-3-5-9-20)25(30)26(31)28(23)17-16-27-14-6-7-15-27/h3-5,8-13,18,23,29H,6-7,14-17H2,1-2H3/b24-22+. The number of ether oxygens (including phenoxy) is 1. The minimum atomic E-state index is -0.639. The molecular formula is C26H30N2O4. The monoisotopic (exact) mass is 434 g/mol. The number of likely N-dealkylation sites (tertiary alicyclic amines) is 2. The molecule has 1 atom stereocenters. The van der Waals surface area contributed by atoms with Gasteiger partial charge in [-0.15, -0.1) is 0 Å². The number of hydrogen-bond acceptors (Lipinski definition) is 5. The average molecular weight is 435 g/mol. The Morgan fingerprint density at radius 1 is 1.00 bits per heavy atom. The summed E-state index contributed by atoms with van der Waals surface area (Å²) in [5.74, 6) is -0.615. The number of benzene rings is 2. The minimum absolute atomic E-state index is 0.0463. The van der Waals surface area contributed by atoms with Crippen molar-refractivity contribution in [3.8, 4) is 5.75 Å². The van der Waals surface area contributed by atoms with E-state index in [1.807, 2.05) is 44.2 Å². The van der Waals surface area contributed by atoms with E-state index in [1.54, 1.807) is 29.2 Å². The summed E-state index contributed by atoms with van der Waals surface area (Å²) < 4.78 is 5.74. The van der Waals surface area contributed by atoms with Gasteiger partial charge in [-0.3, -0.25) is 9.59 Å². The van der Waals surface area contributed by atoms with Gasteiger partial charge >= 0.3 is 0 Å². The van der Waals surface area contributed by atoms with Crippen molar-refractivity contribution < 1.29 is 19.4 Å². The highest BCUT2D eigenvalue weighted by Gasteiger charge is 2.46. The van der Waals surface area contributed by atoms with E-state index in [4.69, 9.17) is 4.74 Å². The van der Waals surface area contributed by atoms with Crippen LogP contribution in [0, 0.1) is 0 Å². The second-order valence-electron chi connectivity index (χ2n) is 8.64. The van der Waals surface area contributed by atoms with Crippen molar-refractivity contribution in [3.63, 3.8) is 0 Å². The predicted molar refractivity (Wildman–Crippen MR) is 123 cm³/mol. The minimum Gasteiger partial charge on any atom is -0.507 e. The van der Waals surface area contributed by atoms with Crippen molar-refractivity contribution in [2.45, 2.75) is 38.8 Å². The average Bonchev–Trinajstić information content (AvgIpc) is 3.40. The Hall–Kier alpha value is -3.12. The van der Waals surface area contributed by atoms with E-state index in [9.17, 15) is 14.7 Å². The Labute approximate surface area is 189 Å². The van der Waals surface area contributed by atoms with Gasteiger partial charge < -0.3 is 19.6 Å². The molecule has 32 heavy (non-hydrogen) atoms. The first-order valence-electron chi connectivity index (χ1n) is 11.3. The number of carbonyl (C=O) groups is 2. The number of carbonyl (C=O) groups excluding carboxylic acids is 2. The van der Waals surface area contributed by atoms with Crippen LogP contribution in [0.3, 0.4) is 0 Å². The number of nitrogens with zero attached hydrogens (tertiary/aromatic N) is 2. The van der Waals surface area contributed by atoms with Gasteiger partial charge in [0, 0.05) is 18.7 Å². The van der Waals surface area contributed by atoms with Crippen LogP contribution in [0.4, 0.5) is 0 Å². The van der Waals surface area contributed by atoms with Gasteiger partial charge in [0.05, 0.1) is 17.7 Å². The molecule has 0 saturated carbocycles. The van der Waals surface area contributed by atoms with Gasteiger partial charge in [0.15, 0.2) is 0 Å². The largest absolute Gasteiger partial charge is 0.507 e. The van der Waals surface area contributed by atoms with Crippen LogP contribution in [-0.4, -0.2) is 58.9 Å². The maximum atomic E-state index is 13.1. The summed E-state index contributed by atoms with van der Waals surface area (Å²) in [6, 6.07) is 15.7. The van der Waals surface area contributed by atoms with Gasteiger partial charge in [0.2, 0.25) is 0 Å². The molecule has 4 rings (SSSR count). The van der Waals surface area contributed by atoms with Crippen LogP contribution < -0.4 is 4.74 Å². The number of hydrogen-bond donors (Lipinski definition) is 1. The van der Waals surface area contributed by atoms with Crippen molar-refractivity contribution in [3.05, 3.63) is 71.3 Å². The molecule has 1 N–H and O–H groups in total. The van der Waals surface area contributed by atoms with Crippen molar-refractivity contribution in [1.29, 1.82) is 0 Å². The molecule has 6 heteroatoms. The molecule has 2 aromatic rings. The van der Waals surface area contributed by atoms with Crippen molar-refractivity contribution in [2.75, 3.05) is 26.2 Å². The number of aliphatic hydroxyl groups is 1. The molecule has 0 spiro atoms. The third kappa shape index (κ3) is 4.55. The zero-order chi connectivity index (χ0) is 22.7. The van der Waals surface area contributed by atoms with E-state index in [-0.39, 0.29) is 17.4 Å². The topological polar surface area (TPSA) is 70.1 Å². The first-order chi connectivity index (χ1) is 15.5. The molecule has 168 valence electrons. The van der Waals surface area contributed by atoms with Gasteiger partial charge in [-0.1, -0.05) is 42.5 Å². The summed E-state index contributed by atoms with van der Waals surface area (Å²) in [4.78, 5) is 30.0. The normalized spacial score (nSPS) is 21.0. The number of ketones is 1. The van der Waals surface area contributed by atoms with Gasteiger partial charge in [-0.2, -0.15) is 0 Å². The van der Waals surface area contributed by atoms with Gasteiger partial charge in [-0.05, 0) is 57.5 Å². The lowest BCUT2D eigenvalue weighted by Crippen LogP contribution is -2.37. The molecule has 1 amide bonds. The van der Waals surface area contributed by atoms with Crippen LogP contribution in [0.2, 0.25) is 0 Å². The van der Waals surface area contributed by atoms with E-state index in [0.717, 1.165) is 37.2 Å². The SMILES string of the molecule is CC(C)Oc1ccc(C2/C(=C(\O)c3ccccc3)C(=O)C(=O)N2CCN2CCCC2)cc1. The Bertz CT molecular complexity index is 992. The zero-order valence-corrected chi connectivity index (χ0v) is 18.7. The van der Waals surface area contributed by atoms with Crippen LogP contribution in [0.15, 0.2) is 60.2 Å². The number of rotatable bonds is 7. The Kier molecular flexibility index (Phi) is 6.61. The Morgan fingerprint density at radius 3 is 2.28 bits per heavy atom. The Balaban J connectivity index is 1.72. The molecule has 2 aliphatic heterocycles. The summed E-state index contributed by atoms with van der Waals surface area (Å²) >= 11 is 0. The molecule has 0 radical (unpaired) electrons. The van der Waals surface area contributed by atoms with E-state index < -0.39 is 17.7 Å². The summed E-state index contributed by atoms with van der Waals surface area (Å²) in [5, 5.41) is 11.1. The summed E-state index contributed by atoms with van der Waals surface area (Å²) in [7, 11) is 0. The molecule has 2 aliphatic rings. The predicted octanol–water partition coefficient (Wildman–Crippen LogP) is 3.99. The smallest absolute Gasteiger partial charge is 0.295 e. The number of aliphatic hydroxyl groups excluding tert-OH is 1. The maximum Gasteiger partial charge on any atom is 0.295 e. The highest BCUT2D eigenvalue weighted by Crippen LogP contribution is 2.39. The molecule has 0 bridgehead atoms. The van der Waals surface area contributed by atoms with Gasteiger partial charge in [-0.25, -0.2) is 0 Å². The van der Waals surface area contributed by atoms with E-state index in [2.05, 4.69) is 4.90 Å². The Morgan fingerprint density at radius 2 is 1.66 bits per heavy atom. The van der Waals surface area contributed by atoms with Crippen molar-refractivity contribution >= 4 is 17.4 Å². The molecule has 0 aromatic heterocycles. The van der Waals surface area contributed by atoms with E-state index in [0.29, 0.717) is 18.7 Å². The van der Waals surface area contributed by atoms with E-state index in [1.165, 1.54) is 0 Å². The summed E-state index contributed by atoms with van der Waals surface area (Å²) in [6.45, 7) is 7.09. The van der Waals surface area contributed by atoms with Crippen molar-refractivity contribution in [2.24, 2.45) is 0 Å². The summed E-state index contributed by atoms with van der Waals surface area (Å²) in [6.07, 6.45) is 2.37. The van der Waals surface area contributed by atoms with E-state index >= 15 is 0 Å². The summed E-state index contributed by atoms with van der Waals surface area (Å²) in [5.41, 5.74) is 1.44. The molecular weight excluding hydrogens is 404 g/mol. The first kappa shape index (κ1) is 22.1. The van der Waals surface area contributed by atoms with Crippen LogP contribution in [0.5, 0.6) is 5.75 Å². The maximum absolute atomic E-state index is 13.1. The van der Waals surface area contributed by atoms with Crippen LogP contribution >= 0.6 is 0 Å². The van der Waals surface area contributed by atoms with Gasteiger partial charge in [0.25, 0.3) is 11.7 Å². The molecule has 2 aromatic carbocycles. The van der Waals surface area contributed by atoms with Crippen molar-refractivity contribution in [1.82, 2.24) is 9.80 Å². The zero-order valence-electron chi connectivity index (χ0n) is 18.7. The third-order valence-corrected chi connectivity index (χ3v) is 6.01.